The average molecular weight is 248 g/mol. The SMILES string of the molecule is O=C(O)c1ccc(CNC(=O)C(F)(F)F)nc1. The molecule has 1 aromatic heterocycles. The molecule has 0 aliphatic heterocycles. The van der Waals surface area contributed by atoms with E-state index in [2.05, 4.69) is 4.98 Å². The van der Waals surface area contributed by atoms with E-state index in [4.69, 9.17) is 5.11 Å². The van der Waals surface area contributed by atoms with Crippen LogP contribution in [0.15, 0.2) is 18.3 Å². The van der Waals surface area contributed by atoms with Crippen molar-refractivity contribution < 1.29 is 27.9 Å². The van der Waals surface area contributed by atoms with E-state index in [-0.39, 0.29) is 11.3 Å². The molecule has 17 heavy (non-hydrogen) atoms. The number of carbonyl (C=O) groups excluding carboxylic acids is 1. The molecule has 92 valence electrons. The molecule has 0 unspecified atom stereocenters. The van der Waals surface area contributed by atoms with Gasteiger partial charge in [-0.05, 0) is 12.1 Å². The van der Waals surface area contributed by atoms with Crippen molar-refractivity contribution in [1.82, 2.24) is 10.3 Å². The number of nitrogens with one attached hydrogen (secondary N) is 1. The number of halogens is 3. The average Bonchev–Trinajstić information content (AvgIpc) is 2.25. The molecule has 1 heterocycles. The van der Waals surface area contributed by atoms with E-state index in [0.717, 1.165) is 6.20 Å². The molecule has 1 rings (SSSR count). The van der Waals surface area contributed by atoms with Gasteiger partial charge in [-0.1, -0.05) is 0 Å². The molecule has 0 aliphatic carbocycles. The number of nitrogens with zero attached hydrogens (tertiary/aromatic N) is 1. The number of carbonyl (C=O) groups is 2. The lowest BCUT2D eigenvalue weighted by molar-refractivity contribution is -0.173. The lowest BCUT2D eigenvalue weighted by atomic mass is 10.2. The second-order valence-electron chi connectivity index (χ2n) is 3.02. The standard InChI is InChI=1S/C9H7F3N2O3/c10-9(11,12)8(17)14-4-6-2-1-5(3-13-6)7(15)16/h1-3H,4H2,(H,14,17)(H,15,16). The van der Waals surface area contributed by atoms with Crippen molar-refractivity contribution in [3.05, 3.63) is 29.6 Å². The van der Waals surface area contributed by atoms with Crippen LogP contribution < -0.4 is 5.32 Å². The minimum absolute atomic E-state index is 0.0871. The van der Waals surface area contributed by atoms with Crippen molar-refractivity contribution in [2.75, 3.05) is 0 Å². The van der Waals surface area contributed by atoms with Crippen LogP contribution in [0.4, 0.5) is 13.2 Å². The zero-order valence-electron chi connectivity index (χ0n) is 8.28. The fourth-order valence-corrected chi connectivity index (χ4v) is 0.927. The van der Waals surface area contributed by atoms with Gasteiger partial charge in [-0.2, -0.15) is 13.2 Å². The molecule has 8 heteroatoms. The first-order valence-electron chi connectivity index (χ1n) is 4.34. The van der Waals surface area contributed by atoms with E-state index < -0.39 is 24.6 Å². The Bertz CT molecular complexity index is 428. The molecule has 0 atom stereocenters. The number of amides is 1. The fraction of sp³-hybridized carbons (Fsp3) is 0.222. The predicted octanol–water partition coefficient (Wildman–Crippen LogP) is 0.958. The number of hydrogen-bond donors (Lipinski definition) is 2. The third-order valence-electron chi connectivity index (χ3n) is 1.76. The van der Waals surface area contributed by atoms with Crippen LogP contribution in [0.5, 0.6) is 0 Å². The quantitative estimate of drug-likeness (QED) is 0.834. The zero-order valence-corrected chi connectivity index (χ0v) is 8.28. The van der Waals surface area contributed by atoms with Crippen LogP contribution in [0.25, 0.3) is 0 Å². The molecular weight excluding hydrogens is 241 g/mol. The van der Waals surface area contributed by atoms with Gasteiger partial charge in [0, 0.05) is 6.20 Å². The summed E-state index contributed by atoms with van der Waals surface area (Å²) in [5.74, 6) is -3.26. The van der Waals surface area contributed by atoms with Crippen molar-refractivity contribution in [2.24, 2.45) is 0 Å². The summed E-state index contributed by atoms with van der Waals surface area (Å²) in [6, 6.07) is 2.41. The van der Waals surface area contributed by atoms with Crippen molar-refractivity contribution >= 4 is 11.9 Å². The lowest BCUT2D eigenvalue weighted by Crippen LogP contribution is -2.36. The molecule has 0 saturated carbocycles. The maximum Gasteiger partial charge on any atom is 0.471 e. The highest BCUT2D eigenvalue weighted by molar-refractivity contribution is 5.87. The number of aromatic carboxylic acids is 1. The Morgan fingerprint density at radius 1 is 1.35 bits per heavy atom. The smallest absolute Gasteiger partial charge is 0.471 e. The predicted molar refractivity (Wildman–Crippen MR) is 49.1 cm³/mol. The van der Waals surface area contributed by atoms with Gasteiger partial charge in [0.15, 0.2) is 0 Å². The summed E-state index contributed by atoms with van der Waals surface area (Å²) >= 11 is 0. The van der Waals surface area contributed by atoms with Gasteiger partial charge in [0.2, 0.25) is 0 Å². The fourth-order valence-electron chi connectivity index (χ4n) is 0.927. The van der Waals surface area contributed by atoms with Crippen LogP contribution in [0.3, 0.4) is 0 Å². The minimum atomic E-state index is -4.94. The van der Waals surface area contributed by atoms with Crippen LogP contribution in [0.2, 0.25) is 0 Å². The Kier molecular flexibility index (Phi) is 3.66. The molecule has 5 nitrogen and oxygen atoms in total. The molecule has 2 N–H and O–H groups in total. The van der Waals surface area contributed by atoms with E-state index in [0.29, 0.717) is 0 Å². The van der Waals surface area contributed by atoms with Crippen molar-refractivity contribution in [2.45, 2.75) is 12.7 Å². The molecule has 0 fully saturated rings. The third-order valence-corrected chi connectivity index (χ3v) is 1.76. The molecular formula is C9H7F3N2O3. The second-order valence-corrected chi connectivity index (χ2v) is 3.02. The summed E-state index contributed by atoms with van der Waals surface area (Å²) in [6.45, 7) is -0.418. The van der Waals surface area contributed by atoms with Gasteiger partial charge in [-0.3, -0.25) is 9.78 Å². The Hall–Kier alpha value is -2.12. The van der Waals surface area contributed by atoms with Crippen LogP contribution >= 0.6 is 0 Å². The van der Waals surface area contributed by atoms with Crippen LogP contribution in [0.1, 0.15) is 16.1 Å². The molecule has 0 aliphatic rings. The highest BCUT2D eigenvalue weighted by atomic mass is 19.4. The van der Waals surface area contributed by atoms with Gasteiger partial charge in [0.05, 0.1) is 17.8 Å². The van der Waals surface area contributed by atoms with E-state index >= 15 is 0 Å². The van der Waals surface area contributed by atoms with Crippen LogP contribution in [0, 0.1) is 0 Å². The third kappa shape index (κ3) is 3.74. The van der Waals surface area contributed by atoms with Gasteiger partial charge in [0.1, 0.15) is 0 Å². The monoisotopic (exact) mass is 248 g/mol. The number of alkyl halides is 3. The number of pyridine rings is 1. The summed E-state index contributed by atoms with van der Waals surface area (Å²) in [5, 5.41) is 10.2. The summed E-state index contributed by atoms with van der Waals surface area (Å²) in [7, 11) is 0. The Balaban J connectivity index is 2.59. The lowest BCUT2D eigenvalue weighted by Gasteiger charge is -2.07. The van der Waals surface area contributed by atoms with Gasteiger partial charge in [-0.15, -0.1) is 0 Å². The van der Waals surface area contributed by atoms with Crippen molar-refractivity contribution in [3.63, 3.8) is 0 Å². The van der Waals surface area contributed by atoms with Gasteiger partial charge in [0.25, 0.3) is 0 Å². The molecule has 0 aromatic carbocycles. The molecule has 0 radical (unpaired) electrons. The molecule has 0 saturated heterocycles. The molecule has 0 bridgehead atoms. The topological polar surface area (TPSA) is 79.3 Å². The highest BCUT2D eigenvalue weighted by Crippen LogP contribution is 2.14. The van der Waals surface area contributed by atoms with Gasteiger partial charge >= 0.3 is 18.1 Å². The molecule has 0 spiro atoms. The Morgan fingerprint density at radius 2 is 2.00 bits per heavy atom. The first-order valence-corrected chi connectivity index (χ1v) is 4.34. The summed E-state index contributed by atoms with van der Waals surface area (Å²) in [4.78, 5) is 24.5. The molecule has 1 aromatic rings. The van der Waals surface area contributed by atoms with Crippen LogP contribution in [-0.4, -0.2) is 28.1 Å². The summed E-state index contributed by atoms with van der Waals surface area (Å²) in [5.41, 5.74) is 0.0449. The van der Waals surface area contributed by atoms with E-state index in [1.54, 1.807) is 5.32 Å². The van der Waals surface area contributed by atoms with Gasteiger partial charge < -0.3 is 10.4 Å². The maximum absolute atomic E-state index is 11.8. The van der Waals surface area contributed by atoms with Gasteiger partial charge in [-0.25, -0.2) is 4.79 Å². The van der Waals surface area contributed by atoms with E-state index in [1.165, 1.54) is 12.1 Å². The Morgan fingerprint density at radius 3 is 2.41 bits per heavy atom. The summed E-state index contributed by atoms with van der Waals surface area (Å²) < 4.78 is 35.4. The summed E-state index contributed by atoms with van der Waals surface area (Å²) in [6.07, 6.45) is -3.95. The Labute approximate surface area is 93.3 Å². The number of carboxylic acid groups (broad SMARTS) is 1. The second kappa shape index (κ2) is 4.81. The minimum Gasteiger partial charge on any atom is -0.478 e. The van der Waals surface area contributed by atoms with E-state index in [1.807, 2.05) is 0 Å². The number of carboxylic acids is 1. The van der Waals surface area contributed by atoms with Crippen molar-refractivity contribution in [3.8, 4) is 0 Å². The van der Waals surface area contributed by atoms with Crippen molar-refractivity contribution in [1.29, 1.82) is 0 Å². The zero-order chi connectivity index (χ0) is 13.1. The number of hydrogen-bond acceptors (Lipinski definition) is 3. The molecule has 1 amide bonds. The highest BCUT2D eigenvalue weighted by Gasteiger charge is 2.38. The normalized spacial score (nSPS) is 11.0. The first kappa shape index (κ1) is 12.9. The largest absolute Gasteiger partial charge is 0.478 e. The van der Waals surface area contributed by atoms with Crippen LogP contribution in [-0.2, 0) is 11.3 Å². The number of aromatic nitrogens is 1. The number of rotatable bonds is 3. The van der Waals surface area contributed by atoms with E-state index in [9.17, 15) is 22.8 Å². The maximum atomic E-state index is 11.8. The first-order chi connectivity index (χ1) is 7.80.